The van der Waals surface area contributed by atoms with Gasteiger partial charge in [0.15, 0.2) is 0 Å². The van der Waals surface area contributed by atoms with Crippen molar-refractivity contribution in [3.05, 3.63) is 54.4 Å². The minimum atomic E-state index is 0.545. The van der Waals surface area contributed by atoms with Crippen LogP contribution in [0.1, 0.15) is 5.56 Å². The Kier molecular flexibility index (Phi) is 3.28. The minimum absolute atomic E-state index is 0.545. The normalized spacial score (nSPS) is 22.9. The van der Waals surface area contributed by atoms with E-state index < -0.39 is 0 Å². The van der Waals surface area contributed by atoms with Gasteiger partial charge in [0.25, 0.3) is 0 Å². The Hall–Kier alpha value is -2.86. The molecule has 6 heteroatoms. The first kappa shape index (κ1) is 15.2. The van der Waals surface area contributed by atoms with E-state index in [0.717, 1.165) is 61.0 Å². The molecule has 3 aliphatic rings. The molecule has 27 heavy (non-hydrogen) atoms. The monoisotopic (exact) mass is 359 g/mol. The quantitative estimate of drug-likeness (QED) is 0.762. The van der Waals surface area contributed by atoms with Crippen LogP contribution in [0.25, 0.3) is 16.8 Å². The zero-order chi connectivity index (χ0) is 17.8. The van der Waals surface area contributed by atoms with Gasteiger partial charge in [0, 0.05) is 44.1 Å². The maximum Gasteiger partial charge on any atom is 0.223 e. The van der Waals surface area contributed by atoms with E-state index in [9.17, 15) is 0 Å². The van der Waals surface area contributed by atoms with Crippen molar-refractivity contribution in [1.29, 1.82) is 0 Å². The fourth-order valence-electron chi connectivity index (χ4n) is 4.64. The highest BCUT2D eigenvalue weighted by Gasteiger charge is 2.36. The summed E-state index contributed by atoms with van der Waals surface area (Å²) in [5.41, 5.74) is 4.50. The second-order valence-corrected chi connectivity index (χ2v) is 7.69. The molecule has 0 spiro atoms. The lowest BCUT2D eigenvalue weighted by molar-refractivity contribution is 0.290. The van der Waals surface area contributed by atoms with Crippen LogP contribution in [0.4, 0.5) is 5.82 Å². The number of benzene rings is 1. The van der Waals surface area contributed by atoms with Gasteiger partial charge in [0.1, 0.15) is 12.4 Å². The maximum atomic E-state index is 6.04. The number of anilines is 1. The molecule has 136 valence electrons. The van der Waals surface area contributed by atoms with Crippen LogP contribution in [-0.4, -0.2) is 40.9 Å². The van der Waals surface area contributed by atoms with E-state index in [0.29, 0.717) is 6.61 Å². The van der Waals surface area contributed by atoms with E-state index in [1.807, 2.05) is 16.9 Å². The van der Waals surface area contributed by atoms with Gasteiger partial charge in [-0.2, -0.15) is 10.1 Å². The fourth-order valence-corrected chi connectivity index (χ4v) is 4.64. The van der Waals surface area contributed by atoms with Crippen molar-refractivity contribution in [3.8, 4) is 22.7 Å². The van der Waals surface area contributed by atoms with E-state index in [1.165, 1.54) is 11.1 Å². The van der Waals surface area contributed by atoms with E-state index in [1.54, 1.807) is 6.20 Å². The average molecular weight is 359 g/mol. The molecule has 1 aromatic carbocycles. The summed E-state index contributed by atoms with van der Waals surface area (Å²) < 4.78 is 7.91. The molecule has 2 saturated heterocycles. The summed E-state index contributed by atoms with van der Waals surface area (Å²) in [6, 6.07) is 12.6. The van der Waals surface area contributed by atoms with Crippen LogP contribution in [-0.2, 0) is 6.61 Å². The van der Waals surface area contributed by atoms with Crippen molar-refractivity contribution in [3.63, 3.8) is 0 Å². The number of hydrogen-bond acceptors (Lipinski definition) is 5. The molecule has 6 nitrogen and oxygen atoms in total. The molecular formula is C21H21N5O. The van der Waals surface area contributed by atoms with Crippen molar-refractivity contribution in [2.24, 2.45) is 11.8 Å². The van der Waals surface area contributed by atoms with Crippen LogP contribution >= 0.6 is 0 Å². The van der Waals surface area contributed by atoms with Crippen LogP contribution in [0, 0.1) is 11.8 Å². The van der Waals surface area contributed by atoms with Gasteiger partial charge in [0.05, 0.1) is 5.69 Å². The Labute approximate surface area is 157 Å². The zero-order valence-electron chi connectivity index (χ0n) is 15.0. The Bertz CT molecular complexity index is 988. The third-order valence-corrected chi connectivity index (χ3v) is 6.07. The van der Waals surface area contributed by atoms with Gasteiger partial charge < -0.3 is 15.0 Å². The molecule has 3 aromatic rings. The maximum absolute atomic E-state index is 6.04. The highest BCUT2D eigenvalue weighted by atomic mass is 16.5. The Morgan fingerprint density at radius 3 is 2.70 bits per heavy atom. The molecule has 0 bridgehead atoms. The van der Waals surface area contributed by atoms with Crippen LogP contribution in [0.2, 0.25) is 0 Å². The second-order valence-electron chi connectivity index (χ2n) is 7.69. The van der Waals surface area contributed by atoms with Crippen molar-refractivity contribution in [2.75, 3.05) is 31.1 Å². The molecule has 2 aromatic heterocycles. The van der Waals surface area contributed by atoms with E-state index in [2.05, 4.69) is 45.6 Å². The van der Waals surface area contributed by atoms with Gasteiger partial charge in [-0.05, 0) is 53.3 Å². The fraction of sp³-hybridized carbons (Fsp3) is 0.333. The first-order chi connectivity index (χ1) is 13.3. The van der Waals surface area contributed by atoms with Gasteiger partial charge in [-0.15, -0.1) is 0 Å². The van der Waals surface area contributed by atoms with Crippen LogP contribution < -0.4 is 15.0 Å². The molecule has 0 aliphatic carbocycles. The van der Waals surface area contributed by atoms with Crippen LogP contribution in [0.5, 0.6) is 5.88 Å². The highest BCUT2D eigenvalue weighted by Crippen LogP contribution is 2.39. The summed E-state index contributed by atoms with van der Waals surface area (Å²) in [5, 5.41) is 7.81. The largest absolute Gasteiger partial charge is 0.472 e. The van der Waals surface area contributed by atoms with Gasteiger partial charge in [-0.3, -0.25) is 0 Å². The predicted molar refractivity (Wildman–Crippen MR) is 103 cm³/mol. The summed E-state index contributed by atoms with van der Waals surface area (Å²) in [6.45, 7) is 4.99. The van der Waals surface area contributed by atoms with Gasteiger partial charge in [-0.25, -0.2) is 4.68 Å². The molecule has 2 fully saturated rings. The Morgan fingerprint density at radius 1 is 1.04 bits per heavy atom. The lowest BCUT2D eigenvalue weighted by atomic mass is 9.98. The van der Waals surface area contributed by atoms with Gasteiger partial charge >= 0.3 is 0 Å². The SMILES string of the molecule is c1cnn(-c2ccc3c(c2)COc2nc(N4CC5CNCC5C4)ccc2-3)c1. The number of fused-ring (bicyclic) bond motifs is 4. The molecule has 6 rings (SSSR count). The summed E-state index contributed by atoms with van der Waals surface area (Å²) in [5.74, 6) is 3.30. The third kappa shape index (κ3) is 2.44. The third-order valence-electron chi connectivity index (χ3n) is 6.07. The molecule has 5 heterocycles. The molecule has 2 atom stereocenters. The molecule has 3 aliphatic heterocycles. The van der Waals surface area contributed by atoms with Crippen LogP contribution in [0.15, 0.2) is 48.8 Å². The number of nitrogens with one attached hydrogen (secondary N) is 1. The summed E-state index contributed by atoms with van der Waals surface area (Å²) in [4.78, 5) is 7.27. The summed E-state index contributed by atoms with van der Waals surface area (Å²) >= 11 is 0. The predicted octanol–water partition coefficient (Wildman–Crippen LogP) is 2.48. The number of hydrogen-bond donors (Lipinski definition) is 1. The standard InChI is InChI=1S/C21H21N5O/c1-6-23-26(7-1)17-2-3-18-14(8-17)13-27-21-19(18)4-5-20(24-21)25-11-15-9-22-10-16(15)12-25/h1-8,15-16,22H,9-13H2. The average Bonchev–Trinajstić information content (AvgIpc) is 3.44. The van der Waals surface area contributed by atoms with Crippen molar-refractivity contribution >= 4 is 5.82 Å². The molecule has 1 N–H and O–H groups in total. The lowest BCUT2D eigenvalue weighted by Gasteiger charge is -2.24. The zero-order valence-corrected chi connectivity index (χ0v) is 15.0. The smallest absolute Gasteiger partial charge is 0.223 e. The molecule has 0 radical (unpaired) electrons. The molecular weight excluding hydrogens is 338 g/mol. The van der Waals surface area contributed by atoms with E-state index in [-0.39, 0.29) is 0 Å². The first-order valence-corrected chi connectivity index (χ1v) is 9.58. The minimum Gasteiger partial charge on any atom is -0.472 e. The van der Waals surface area contributed by atoms with Gasteiger partial charge in [0.2, 0.25) is 5.88 Å². The summed E-state index contributed by atoms with van der Waals surface area (Å²) in [7, 11) is 0. The van der Waals surface area contributed by atoms with Crippen molar-refractivity contribution < 1.29 is 4.74 Å². The number of nitrogens with zero attached hydrogens (tertiary/aromatic N) is 4. The highest BCUT2D eigenvalue weighted by molar-refractivity contribution is 5.75. The molecule has 0 amide bonds. The van der Waals surface area contributed by atoms with Crippen LogP contribution in [0.3, 0.4) is 0 Å². The number of aromatic nitrogens is 3. The molecule has 2 unspecified atom stereocenters. The van der Waals surface area contributed by atoms with Crippen molar-refractivity contribution in [1.82, 2.24) is 20.1 Å². The lowest BCUT2D eigenvalue weighted by Crippen LogP contribution is -2.26. The van der Waals surface area contributed by atoms with E-state index >= 15 is 0 Å². The number of rotatable bonds is 2. The topological polar surface area (TPSA) is 55.2 Å². The number of ether oxygens (including phenoxy) is 1. The summed E-state index contributed by atoms with van der Waals surface area (Å²) in [6.07, 6.45) is 3.74. The van der Waals surface area contributed by atoms with Gasteiger partial charge in [-0.1, -0.05) is 6.07 Å². The Balaban J connectivity index is 1.32. The van der Waals surface area contributed by atoms with E-state index in [4.69, 9.17) is 9.72 Å². The molecule has 0 saturated carbocycles. The number of pyridine rings is 1. The second kappa shape index (κ2) is 5.82. The Morgan fingerprint density at radius 2 is 1.89 bits per heavy atom. The first-order valence-electron chi connectivity index (χ1n) is 9.58. The van der Waals surface area contributed by atoms with Crippen molar-refractivity contribution in [2.45, 2.75) is 6.61 Å².